The van der Waals surface area contributed by atoms with Crippen LogP contribution in [0.3, 0.4) is 0 Å². The maximum Gasteiger partial charge on any atom is 0.320 e. The van der Waals surface area contributed by atoms with Crippen molar-refractivity contribution in [3.05, 3.63) is 76.7 Å². The van der Waals surface area contributed by atoms with Crippen molar-refractivity contribution in [2.24, 2.45) is 5.73 Å². The molecule has 0 fully saturated rings. The number of carboxylic acid groups (broad SMARTS) is 1. The van der Waals surface area contributed by atoms with Crippen molar-refractivity contribution in [3.63, 3.8) is 0 Å². The minimum absolute atomic E-state index is 0.00346. The number of oxazole rings is 1. The van der Waals surface area contributed by atoms with E-state index in [0.717, 1.165) is 5.56 Å². The first kappa shape index (κ1) is 24.4. The molecule has 4 N–H and O–H groups in total. The van der Waals surface area contributed by atoms with E-state index < -0.39 is 29.8 Å². The van der Waals surface area contributed by atoms with Gasteiger partial charge in [-0.15, -0.1) is 0 Å². The highest BCUT2D eigenvalue weighted by atomic mass is 35.5. The first-order valence-corrected chi connectivity index (χ1v) is 10.8. The lowest BCUT2D eigenvalue weighted by Gasteiger charge is -2.20. The number of aromatic nitrogens is 1. The fourth-order valence-electron chi connectivity index (χ4n) is 3.33. The number of carboxylic acids is 1. The maximum absolute atomic E-state index is 14.2. The van der Waals surface area contributed by atoms with Gasteiger partial charge in [-0.05, 0) is 48.1 Å². The molecule has 0 aliphatic carbocycles. The molecule has 33 heavy (non-hydrogen) atoms. The first-order valence-electron chi connectivity index (χ1n) is 10.4. The molecule has 0 radical (unpaired) electrons. The standard InChI is InChI=1S/C24H25ClFN3O4/c1-13(2)21-12-33-23(29-21)22(30)28-17(11-20(27)24(31)32)9-14-3-5-15(6-4-14)18-10-16(25)7-8-19(18)26/h3-8,10,12-13,17,20H,9,11,27H2,1-2H3,(H,28,30)(H,31,32)/t17-,20-/m1/s1. The van der Waals surface area contributed by atoms with Crippen molar-refractivity contribution in [1.29, 1.82) is 0 Å². The highest BCUT2D eigenvalue weighted by molar-refractivity contribution is 6.30. The molecule has 3 aromatic rings. The van der Waals surface area contributed by atoms with Crippen molar-refractivity contribution in [1.82, 2.24) is 10.3 Å². The van der Waals surface area contributed by atoms with Crippen LogP contribution in [-0.2, 0) is 11.2 Å². The second kappa shape index (κ2) is 10.6. The molecule has 0 aliphatic heterocycles. The van der Waals surface area contributed by atoms with Crippen LogP contribution < -0.4 is 11.1 Å². The Hall–Kier alpha value is -3.23. The number of rotatable bonds is 9. The number of nitrogens with zero attached hydrogens (tertiary/aromatic N) is 1. The molecule has 3 rings (SSSR count). The average molecular weight is 474 g/mol. The minimum Gasteiger partial charge on any atom is -0.480 e. The Morgan fingerprint density at radius 3 is 2.52 bits per heavy atom. The van der Waals surface area contributed by atoms with Gasteiger partial charge in [0.1, 0.15) is 18.1 Å². The molecule has 0 aliphatic rings. The Morgan fingerprint density at radius 2 is 1.91 bits per heavy atom. The summed E-state index contributed by atoms with van der Waals surface area (Å²) >= 11 is 5.98. The number of aliphatic carboxylic acids is 1. The number of amides is 1. The zero-order valence-electron chi connectivity index (χ0n) is 18.2. The Kier molecular flexibility index (Phi) is 7.84. The van der Waals surface area contributed by atoms with Gasteiger partial charge in [-0.25, -0.2) is 9.37 Å². The normalized spacial score (nSPS) is 13.0. The summed E-state index contributed by atoms with van der Waals surface area (Å²) in [6.07, 6.45) is 1.73. The van der Waals surface area contributed by atoms with Crippen LogP contribution in [-0.4, -0.2) is 34.1 Å². The SMILES string of the molecule is CC(C)c1coc(C(=O)N[C@H](Cc2ccc(-c3cc(Cl)ccc3F)cc2)C[C@@H](N)C(=O)O)n1. The molecule has 0 bridgehead atoms. The maximum atomic E-state index is 14.2. The molecule has 1 heterocycles. The second-order valence-electron chi connectivity index (χ2n) is 8.11. The summed E-state index contributed by atoms with van der Waals surface area (Å²) in [5, 5.41) is 12.4. The number of nitrogens with one attached hydrogen (secondary N) is 1. The molecule has 0 unspecified atom stereocenters. The second-order valence-corrected chi connectivity index (χ2v) is 8.54. The topological polar surface area (TPSA) is 118 Å². The Bertz CT molecular complexity index is 1130. The van der Waals surface area contributed by atoms with Crippen LogP contribution in [0.4, 0.5) is 4.39 Å². The van der Waals surface area contributed by atoms with E-state index in [1.807, 2.05) is 13.8 Å². The van der Waals surface area contributed by atoms with Gasteiger partial charge >= 0.3 is 11.9 Å². The molecule has 2 aromatic carbocycles. The van der Waals surface area contributed by atoms with Crippen molar-refractivity contribution in [2.45, 2.75) is 44.7 Å². The van der Waals surface area contributed by atoms with Crippen LogP contribution in [0.5, 0.6) is 0 Å². The molecule has 1 amide bonds. The molecule has 0 spiro atoms. The lowest BCUT2D eigenvalue weighted by atomic mass is 9.97. The predicted molar refractivity (Wildman–Crippen MR) is 123 cm³/mol. The van der Waals surface area contributed by atoms with Gasteiger partial charge in [0.15, 0.2) is 0 Å². The number of benzene rings is 2. The Balaban J connectivity index is 1.77. The number of hydrogen-bond acceptors (Lipinski definition) is 5. The Morgan fingerprint density at radius 1 is 1.21 bits per heavy atom. The van der Waals surface area contributed by atoms with Gasteiger partial charge in [0.2, 0.25) is 0 Å². The summed E-state index contributed by atoms with van der Waals surface area (Å²) in [6, 6.07) is 9.61. The lowest BCUT2D eigenvalue weighted by Crippen LogP contribution is -2.43. The highest BCUT2D eigenvalue weighted by Gasteiger charge is 2.24. The van der Waals surface area contributed by atoms with Gasteiger partial charge in [-0.2, -0.15) is 0 Å². The summed E-state index contributed by atoms with van der Waals surface area (Å²) in [5.41, 5.74) is 8.18. The van der Waals surface area contributed by atoms with Gasteiger partial charge in [0.25, 0.3) is 5.89 Å². The van der Waals surface area contributed by atoms with Crippen molar-refractivity contribution < 1.29 is 23.5 Å². The molecule has 174 valence electrons. The van der Waals surface area contributed by atoms with Crippen LogP contribution in [0.25, 0.3) is 11.1 Å². The third-order valence-corrected chi connectivity index (χ3v) is 5.41. The summed E-state index contributed by atoms with van der Waals surface area (Å²) in [5.74, 6) is -2.12. The van der Waals surface area contributed by atoms with E-state index in [9.17, 15) is 19.1 Å². The minimum atomic E-state index is -1.17. The quantitative estimate of drug-likeness (QED) is 0.424. The smallest absolute Gasteiger partial charge is 0.320 e. The number of hydrogen-bond donors (Lipinski definition) is 3. The zero-order chi connectivity index (χ0) is 24.1. The van der Waals surface area contributed by atoms with E-state index >= 15 is 0 Å². The fourth-order valence-corrected chi connectivity index (χ4v) is 3.50. The van der Waals surface area contributed by atoms with E-state index in [0.29, 0.717) is 28.3 Å². The van der Waals surface area contributed by atoms with Crippen LogP contribution in [0.15, 0.2) is 53.1 Å². The van der Waals surface area contributed by atoms with Crippen LogP contribution in [0.1, 0.15) is 48.1 Å². The van der Waals surface area contributed by atoms with E-state index in [1.165, 1.54) is 18.4 Å². The molecule has 7 nitrogen and oxygen atoms in total. The largest absolute Gasteiger partial charge is 0.480 e. The van der Waals surface area contributed by atoms with Crippen molar-refractivity contribution >= 4 is 23.5 Å². The van der Waals surface area contributed by atoms with Gasteiger partial charge in [0.05, 0.1) is 5.69 Å². The van der Waals surface area contributed by atoms with Crippen LogP contribution in [0.2, 0.25) is 5.02 Å². The van der Waals surface area contributed by atoms with Gasteiger partial charge in [-0.3, -0.25) is 9.59 Å². The van der Waals surface area contributed by atoms with E-state index in [2.05, 4.69) is 10.3 Å². The van der Waals surface area contributed by atoms with E-state index in [4.69, 9.17) is 21.8 Å². The first-order chi connectivity index (χ1) is 15.6. The number of carbonyl (C=O) groups excluding carboxylic acids is 1. The van der Waals surface area contributed by atoms with E-state index in [-0.39, 0.29) is 18.2 Å². The molecule has 2 atom stereocenters. The van der Waals surface area contributed by atoms with Crippen LogP contribution >= 0.6 is 11.6 Å². The van der Waals surface area contributed by atoms with E-state index in [1.54, 1.807) is 30.3 Å². The lowest BCUT2D eigenvalue weighted by molar-refractivity contribution is -0.138. The van der Waals surface area contributed by atoms with Crippen LogP contribution in [0, 0.1) is 5.82 Å². The van der Waals surface area contributed by atoms with Gasteiger partial charge < -0.3 is 20.6 Å². The fraction of sp³-hybridized carbons (Fsp3) is 0.292. The predicted octanol–water partition coefficient (Wildman–Crippen LogP) is 4.40. The zero-order valence-corrected chi connectivity index (χ0v) is 19.0. The molecule has 1 aromatic heterocycles. The summed E-state index contributed by atoms with van der Waals surface area (Å²) in [7, 11) is 0. The van der Waals surface area contributed by atoms with Crippen molar-refractivity contribution in [2.75, 3.05) is 0 Å². The molecular weight excluding hydrogens is 449 g/mol. The average Bonchev–Trinajstić information content (AvgIpc) is 3.27. The molecule has 0 saturated heterocycles. The number of carbonyl (C=O) groups is 2. The number of halogens is 2. The number of nitrogens with two attached hydrogens (primary N) is 1. The highest BCUT2D eigenvalue weighted by Crippen LogP contribution is 2.26. The monoisotopic (exact) mass is 473 g/mol. The summed E-state index contributed by atoms with van der Waals surface area (Å²) < 4.78 is 19.4. The Labute approximate surface area is 195 Å². The summed E-state index contributed by atoms with van der Waals surface area (Å²) in [6.45, 7) is 3.85. The van der Waals surface area contributed by atoms with Gasteiger partial charge in [-0.1, -0.05) is 49.7 Å². The molecular formula is C24H25ClFN3O4. The molecule has 0 saturated carbocycles. The third kappa shape index (κ3) is 6.40. The van der Waals surface area contributed by atoms with Crippen molar-refractivity contribution in [3.8, 4) is 11.1 Å². The third-order valence-electron chi connectivity index (χ3n) is 5.17. The van der Waals surface area contributed by atoms with Gasteiger partial charge in [0, 0.05) is 16.6 Å². The summed E-state index contributed by atoms with van der Waals surface area (Å²) in [4.78, 5) is 28.1. The molecule has 9 heteroatoms.